The van der Waals surface area contributed by atoms with Crippen molar-refractivity contribution in [3.8, 4) is 17.2 Å². The van der Waals surface area contributed by atoms with Gasteiger partial charge < -0.3 is 14.2 Å². The largest absolute Gasteiger partial charge is 0.491 e. The second kappa shape index (κ2) is 12.8. The van der Waals surface area contributed by atoms with E-state index in [0.29, 0.717) is 40.1 Å². The number of carbonyl (C=O) groups is 2. The Morgan fingerprint density at radius 2 is 1.74 bits per heavy atom. The minimum Gasteiger partial charge on any atom is -0.491 e. The second-order valence-corrected chi connectivity index (χ2v) is 10.4. The van der Waals surface area contributed by atoms with Gasteiger partial charge in [0.15, 0.2) is 11.5 Å². The molecule has 39 heavy (non-hydrogen) atoms. The molecule has 0 bridgehead atoms. The molecule has 0 N–H and O–H groups in total. The number of aryl methyl sites for hydroxylation is 1. The van der Waals surface area contributed by atoms with Crippen LogP contribution in [0.3, 0.4) is 0 Å². The van der Waals surface area contributed by atoms with Crippen LogP contribution in [-0.2, 0) is 11.4 Å². The summed E-state index contributed by atoms with van der Waals surface area (Å²) in [6.45, 7) is 8.84. The molecular formula is C31H32FNO5S. The molecule has 1 heterocycles. The van der Waals surface area contributed by atoms with Crippen LogP contribution in [0.25, 0.3) is 6.08 Å². The number of hydrogen-bond acceptors (Lipinski definition) is 6. The number of rotatable bonds is 11. The van der Waals surface area contributed by atoms with E-state index in [1.54, 1.807) is 42.5 Å². The van der Waals surface area contributed by atoms with Crippen LogP contribution in [0.1, 0.15) is 48.9 Å². The minimum atomic E-state index is -0.361. The van der Waals surface area contributed by atoms with Gasteiger partial charge in [-0.15, -0.1) is 0 Å². The molecule has 1 aliphatic heterocycles. The summed E-state index contributed by atoms with van der Waals surface area (Å²) >= 11 is 0.895. The second-order valence-electron chi connectivity index (χ2n) is 9.40. The van der Waals surface area contributed by atoms with Gasteiger partial charge in [-0.25, -0.2) is 4.39 Å². The minimum absolute atomic E-state index is 0.0499. The summed E-state index contributed by atoms with van der Waals surface area (Å²) in [4.78, 5) is 27.2. The van der Waals surface area contributed by atoms with Gasteiger partial charge in [-0.2, -0.15) is 0 Å². The summed E-state index contributed by atoms with van der Waals surface area (Å²) in [7, 11) is 0. The van der Waals surface area contributed by atoms with Gasteiger partial charge in [0.25, 0.3) is 11.1 Å². The zero-order valence-electron chi connectivity index (χ0n) is 22.5. The van der Waals surface area contributed by atoms with Crippen molar-refractivity contribution in [2.75, 3.05) is 19.8 Å². The van der Waals surface area contributed by atoms with Gasteiger partial charge in [-0.1, -0.05) is 50.2 Å². The van der Waals surface area contributed by atoms with Crippen molar-refractivity contribution in [3.05, 3.63) is 93.6 Å². The van der Waals surface area contributed by atoms with E-state index in [4.69, 9.17) is 14.2 Å². The zero-order chi connectivity index (χ0) is 27.9. The Balaban J connectivity index is 1.43. The van der Waals surface area contributed by atoms with Gasteiger partial charge in [0.2, 0.25) is 0 Å². The van der Waals surface area contributed by atoms with E-state index < -0.39 is 0 Å². The van der Waals surface area contributed by atoms with E-state index in [-0.39, 0.29) is 36.7 Å². The normalized spacial score (nSPS) is 14.4. The number of nitrogens with zero attached hydrogens (tertiary/aromatic N) is 1. The fraction of sp³-hybridized carbons (Fsp3) is 0.290. The smallest absolute Gasteiger partial charge is 0.293 e. The number of halogens is 1. The molecule has 204 valence electrons. The molecular weight excluding hydrogens is 517 g/mol. The van der Waals surface area contributed by atoms with Gasteiger partial charge >= 0.3 is 0 Å². The Hall–Kier alpha value is -3.78. The number of benzene rings is 3. The number of imide groups is 1. The van der Waals surface area contributed by atoms with Crippen molar-refractivity contribution in [1.82, 2.24) is 4.90 Å². The Kier molecular flexibility index (Phi) is 9.30. The monoisotopic (exact) mass is 549 g/mol. The third-order valence-electron chi connectivity index (χ3n) is 6.14. The lowest BCUT2D eigenvalue weighted by atomic mass is 10.0. The number of amides is 2. The summed E-state index contributed by atoms with van der Waals surface area (Å²) in [5.41, 5.74) is 3.28. The topological polar surface area (TPSA) is 65.1 Å². The van der Waals surface area contributed by atoms with Gasteiger partial charge in [-0.3, -0.25) is 14.5 Å². The fourth-order valence-electron chi connectivity index (χ4n) is 4.11. The maximum absolute atomic E-state index is 14.0. The first kappa shape index (κ1) is 28.2. The maximum atomic E-state index is 14.0. The number of carbonyl (C=O) groups excluding carboxylic acids is 2. The highest BCUT2D eigenvalue weighted by Gasteiger charge is 2.35. The molecule has 0 atom stereocenters. The maximum Gasteiger partial charge on any atom is 0.293 e. The summed E-state index contributed by atoms with van der Waals surface area (Å²) in [6, 6.07) is 17.7. The van der Waals surface area contributed by atoms with Crippen LogP contribution in [0.4, 0.5) is 9.18 Å². The van der Waals surface area contributed by atoms with E-state index in [0.717, 1.165) is 28.6 Å². The third kappa shape index (κ3) is 7.00. The Morgan fingerprint density at radius 1 is 0.949 bits per heavy atom. The van der Waals surface area contributed by atoms with E-state index in [1.165, 1.54) is 11.0 Å². The number of ether oxygens (including phenoxy) is 3. The molecule has 1 saturated heterocycles. The van der Waals surface area contributed by atoms with Crippen molar-refractivity contribution in [3.63, 3.8) is 0 Å². The molecule has 3 aromatic carbocycles. The quantitative estimate of drug-likeness (QED) is 0.233. The standard InChI is InChI=1S/C31H32FNO5S/c1-5-36-28-17-22(11-13-26(28)38-19-23-8-6-7-9-25(23)32)18-29-30(34)33(31(35)39-29)14-15-37-27-16-21(4)10-12-24(27)20(2)3/h6-13,16-18,20H,5,14-15,19H2,1-4H3/b29-18-. The predicted octanol–water partition coefficient (Wildman–Crippen LogP) is 7.35. The van der Waals surface area contributed by atoms with Crippen LogP contribution in [-0.4, -0.2) is 35.8 Å². The number of hydrogen-bond donors (Lipinski definition) is 0. The highest BCUT2D eigenvalue weighted by atomic mass is 32.2. The molecule has 1 fully saturated rings. The van der Waals surface area contributed by atoms with Crippen molar-refractivity contribution in [2.24, 2.45) is 0 Å². The summed E-state index contributed by atoms with van der Waals surface area (Å²) in [5, 5.41) is -0.335. The molecule has 4 rings (SSSR count). The van der Waals surface area contributed by atoms with Gasteiger partial charge in [0.05, 0.1) is 18.1 Å². The zero-order valence-corrected chi connectivity index (χ0v) is 23.3. The lowest BCUT2D eigenvalue weighted by Gasteiger charge is -2.17. The van der Waals surface area contributed by atoms with Crippen molar-refractivity contribution >= 4 is 29.0 Å². The molecule has 0 unspecified atom stereocenters. The van der Waals surface area contributed by atoms with Crippen LogP contribution in [0, 0.1) is 12.7 Å². The van der Waals surface area contributed by atoms with Crippen LogP contribution in [0.15, 0.2) is 65.6 Å². The molecule has 0 aliphatic carbocycles. The van der Waals surface area contributed by atoms with Crippen molar-refractivity contribution < 1.29 is 28.2 Å². The van der Waals surface area contributed by atoms with E-state index in [2.05, 4.69) is 13.8 Å². The number of thioether (sulfide) groups is 1. The first-order chi connectivity index (χ1) is 18.8. The summed E-state index contributed by atoms with van der Waals surface area (Å²) < 4.78 is 31.5. The summed E-state index contributed by atoms with van der Waals surface area (Å²) in [5.74, 6) is 1.29. The van der Waals surface area contributed by atoms with Crippen LogP contribution in [0.5, 0.6) is 17.2 Å². The van der Waals surface area contributed by atoms with E-state index >= 15 is 0 Å². The van der Waals surface area contributed by atoms with Crippen LogP contribution < -0.4 is 14.2 Å². The molecule has 0 spiro atoms. The lowest BCUT2D eigenvalue weighted by molar-refractivity contribution is -0.123. The van der Waals surface area contributed by atoms with E-state index in [9.17, 15) is 14.0 Å². The van der Waals surface area contributed by atoms with Gasteiger partial charge in [0.1, 0.15) is 24.8 Å². The first-order valence-corrected chi connectivity index (χ1v) is 13.7. The molecule has 0 saturated carbocycles. The van der Waals surface area contributed by atoms with Crippen LogP contribution in [0.2, 0.25) is 0 Å². The third-order valence-corrected chi connectivity index (χ3v) is 7.05. The van der Waals surface area contributed by atoms with Gasteiger partial charge in [-0.05, 0) is 78.6 Å². The molecule has 8 heteroatoms. The average molecular weight is 550 g/mol. The predicted molar refractivity (Wildman–Crippen MR) is 152 cm³/mol. The van der Waals surface area contributed by atoms with Crippen molar-refractivity contribution in [2.45, 2.75) is 40.2 Å². The lowest BCUT2D eigenvalue weighted by Crippen LogP contribution is -2.32. The molecule has 6 nitrogen and oxygen atoms in total. The molecule has 0 radical (unpaired) electrons. The Morgan fingerprint density at radius 3 is 2.49 bits per heavy atom. The van der Waals surface area contributed by atoms with Crippen LogP contribution >= 0.6 is 11.8 Å². The average Bonchev–Trinajstić information content (AvgIpc) is 3.16. The highest BCUT2D eigenvalue weighted by molar-refractivity contribution is 8.18. The molecule has 2 amide bonds. The van der Waals surface area contributed by atoms with E-state index in [1.807, 2.05) is 32.0 Å². The van der Waals surface area contributed by atoms with Crippen molar-refractivity contribution in [1.29, 1.82) is 0 Å². The Bertz CT molecular complexity index is 1390. The SMILES string of the molecule is CCOc1cc(/C=C2\SC(=O)N(CCOc3cc(C)ccc3C(C)C)C2=O)ccc1OCc1ccccc1F. The Labute approximate surface area is 232 Å². The highest BCUT2D eigenvalue weighted by Crippen LogP contribution is 2.35. The summed E-state index contributed by atoms with van der Waals surface area (Å²) in [6.07, 6.45) is 1.66. The molecule has 1 aliphatic rings. The fourth-order valence-corrected chi connectivity index (χ4v) is 4.97. The molecule has 0 aromatic heterocycles. The van der Waals surface area contributed by atoms with Gasteiger partial charge in [0, 0.05) is 5.56 Å². The first-order valence-electron chi connectivity index (χ1n) is 12.9. The molecule has 3 aromatic rings.